The number of aryl methyl sites for hydroxylation is 2. The van der Waals surface area contributed by atoms with Crippen molar-refractivity contribution in [2.24, 2.45) is 10.7 Å². The Balaban J connectivity index is 1.69. The number of amidine groups is 1. The van der Waals surface area contributed by atoms with Crippen LogP contribution in [0.5, 0.6) is 0 Å². The van der Waals surface area contributed by atoms with E-state index < -0.39 is 23.1 Å². The number of carbonyl (C=O) groups excluding carboxylic acids is 1. The fourth-order valence-corrected chi connectivity index (χ4v) is 5.41. The van der Waals surface area contributed by atoms with Crippen molar-refractivity contribution in [1.82, 2.24) is 10.1 Å². The normalized spacial score (nSPS) is 19.8. The largest absolute Gasteiger partial charge is 0.378 e. The summed E-state index contributed by atoms with van der Waals surface area (Å²) >= 11 is 1.20. The van der Waals surface area contributed by atoms with Gasteiger partial charge in [0.2, 0.25) is 0 Å². The molecule has 0 saturated carbocycles. The van der Waals surface area contributed by atoms with E-state index in [0.717, 1.165) is 5.56 Å². The number of aromatic nitrogens is 2. The van der Waals surface area contributed by atoms with Crippen LogP contribution in [0.25, 0.3) is 0 Å². The minimum atomic E-state index is -2.73. The van der Waals surface area contributed by atoms with Crippen LogP contribution in [-0.4, -0.2) is 21.2 Å². The lowest BCUT2D eigenvalue weighted by atomic mass is 9.86. The highest BCUT2D eigenvalue weighted by Crippen LogP contribution is 2.51. The molecule has 3 heterocycles. The Kier molecular flexibility index (Phi) is 6.58. The minimum absolute atomic E-state index is 0.0941. The summed E-state index contributed by atoms with van der Waals surface area (Å²) in [6.07, 6.45) is -1.07. The lowest BCUT2D eigenvalue weighted by Crippen LogP contribution is -2.31. The molecule has 2 aromatic heterocycles. The molecule has 0 aliphatic carbocycles. The summed E-state index contributed by atoms with van der Waals surface area (Å²) in [6.45, 7) is 5.41. The number of nitrogens with two attached hydrogens (primary N) is 1. The average Bonchev–Trinajstić information content (AvgIpc) is 3.16. The molecule has 0 radical (unpaired) electrons. The number of hydrogen-bond acceptors (Lipinski definition) is 8. The van der Waals surface area contributed by atoms with E-state index >= 15 is 0 Å². The van der Waals surface area contributed by atoms with Gasteiger partial charge < -0.3 is 15.6 Å². The van der Waals surface area contributed by atoms with Gasteiger partial charge >= 0.3 is 0 Å². The number of alkyl halides is 2. The number of aliphatic imine (C=N–C) groups is 1. The first-order chi connectivity index (χ1) is 16.6. The number of nitrogens with one attached hydrogen (secondary N) is 1. The molecule has 3 N–H and O–H groups in total. The highest BCUT2D eigenvalue weighted by molar-refractivity contribution is 8.14. The van der Waals surface area contributed by atoms with Gasteiger partial charge in [0.15, 0.2) is 5.17 Å². The zero-order valence-corrected chi connectivity index (χ0v) is 20.0. The molecule has 0 fully saturated rings. The Morgan fingerprint density at radius 2 is 2.11 bits per heavy atom. The molecule has 4 rings (SSSR count). The van der Waals surface area contributed by atoms with E-state index in [2.05, 4.69) is 20.4 Å². The number of nitriles is 1. The number of nitrogens with zero attached hydrogens (tertiary/aromatic N) is 4. The second-order valence-corrected chi connectivity index (χ2v) is 9.88. The predicted molar refractivity (Wildman–Crippen MR) is 128 cm³/mol. The predicted octanol–water partition coefficient (Wildman–Crippen LogP) is 5.16. The average molecular weight is 497 g/mol. The van der Waals surface area contributed by atoms with Crippen molar-refractivity contribution in [3.05, 3.63) is 75.9 Å². The molecule has 1 aliphatic rings. The Labute approximate surface area is 204 Å². The molecule has 1 aliphatic heterocycles. The highest BCUT2D eigenvalue weighted by atomic mass is 32.2. The van der Waals surface area contributed by atoms with Gasteiger partial charge in [-0.3, -0.25) is 9.79 Å². The van der Waals surface area contributed by atoms with E-state index in [1.54, 1.807) is 19.9 Å². The van der Waals surface area contributed by atoms with Crippen LogP contribution < -0.4 is 11.1 Å². The first-order valence-corrected chi connectivity index (χ1v) is 11.5. The third kappa shape index (κ3) is 4.88. The summed E-state index contributed by atoms with van der Waals surface area (Å²) in [5, 5.41) is 15.9. The zero-order valence-electron chi connectivity index (χ0n) is 19.2. The topological polar surface area (TPSA) is 130 Å². The molecular formula is C24H22F2N6O2S. The smallest absolute Gasteiger partial charge is 0.274 e. The Morgan fingerprint density at radius 3 is 2.71 bits per heavy atom. The van der Waals surface area contributed by atoms with E-state index in [1.807, 2.05) is 13.0 Å². The van der Waals surface area contributed by atoms with Crippen molar-refractivity contribution >= 4 is 28.5 Å². The number of anilines is 1. The third-order valence-electron chi connectivity index (χ3n) is 5.86. The molecule has 180 valence electrons. The van der Waals surface area contributed by atoms with E-state index in [0.29, 0.717) is 34.7 Å². The second kappa shape index (κ2) is 9.46. The van der Waals surface area contributed by atoms with Gasteiger partial charge in [-0.2, -0.15) is 5.26 Å². The molecule has 8 nitrogen and oxygen atoms in total. The second-order valence-electron chi connectivity index (χ2n) is 8.36. The fraction of sp³-hybridized carbons (Fsp3) is 0.292. The van der Waals surface area contributed by atoms with Crippen molar-refractivity contribution in [1.29, 1.82) is 5.26 Å². The van der Waals surface area contributed by atoms with Crippen LogP contribution in [0.2, 0.25) is 0 Å². The van der Waals surface area contributed by atoms with Gasteiger partial charge in [-0.25, -0.2) is 13.8 Å². The standard InChI is InChI=1S/C24H22F2N6O2S/c1-12-20(13(2)34-32-12)19-9-24(3,35-23(28)31-19)17-8-15(5-6-16(17)21(25)26)30-22(33)18-7-4-14(10-27)11-29-18/h4-8,11,19,21H,9H2,1-3H3,(H2,28,31)(H,30,33)/t19-,24-/m0/s1. The SMILES string of the molecule is Cc1noc(C)c1[C@@H]1C[C@@](C)(c2cc(NC(=O)c3ccc(C#N)cn3)ccc2C(F)F)SC(N)=N1. The maximum absolute atomic E-state index is 14.1. The van der Waals surface area contributed by atoms with E-state index in [4.69, 9.17) is 15.5 Å². The summed E-state index contributed by atoms with van der Waals surface area (Å²) in [5.41, 5.74) is 8.56. The van der Waals surface area contributed by atoms with E-state index in [-0.39, 0.29) is 16.4 Å². The molecule has 11 heteroatoms. The first kappa shape index (κ1) is 24.3. The highest BCUT2D eigenvalue weighted by Gasteiger charge is 2.40. The van der Waals surface area contributed by atoms with Crippen molar-refractivity contribution in [3.63, 3.8) is 0 Å². The summed E-state index contributed by atoms with van der Waals surface area (Å²) in [4.78, 5) is 21.2. The number of halogens is 2. The molecular weight excluding hydrogens is 474 g/mol. The van der Waals surface area contributed by atoms with Crippen LogP contribution in [0.1, 0.15) is 70.0 Å². The van der Waals surface area contributed by atoms with Crippen LogP contribution in [-0.2, 0) is 4.75 Å². The lowest BCUT2D eigenvalue weighted by molar-refractivity contribution is 0.102. The first-order valence-electron chi connectivity index (χ1n) is 10.7. The number of carbonyl (C=O) groups is 1. The molecule has 3 aromatic rings. The van der Waals surface area contributed by atoms with Crippen molar-refractivity contribution in [3.8, 4) is 6.07 Å². The van der Waals surface area contributed by atoms with Gasteiger partial charge in [0, 0.05) is 27.8 Å². The molecule has 1 aromatic carbocycles. The molecule has 35 heavy (non-hydrogen) atoms. The van der Waals surface area contributed by atoms with Crippen LogP contribution in [0.15, 0.2) is 46.0 Å². The van der Waals surface area contributed by atoms with Crippen molar-refractivity contribution < 1.29 is 18.1 Å². The van der Waals surface area contributed by atoms with Crippen LogP contribution in [0.4, 0.5) is 14.5 Å². The molecule has 0 bridgehead atoms. The van der Waals surface area contributed by atoms with Crippen LogP contribution >= 0.6 is 11.8 Å². The van der Waals surface area contributed by atoms with Crippen molar-refractivity contribution in [2.75, 3.05) is 5.32 Å². The molecule has 1 amide bonds. The number of rotatable bonds is 5. The Bertz CT molecular complexity index is 1330. The maximum Gasteiger partial charge on any atom is 0.274 e. The van der Waals surface area contributed by atoms with Gasteiger partial charge in [-0.15, -0.1) is 0 Å². The number of hydrogen-bond donors (Lipinski definition) is 2. The monoisotopic (exact) mass is 496 g/mol. The van der Waals surface area contributed by atoms with E-state index in [9.17, 15) is 13.6 Å². The number of thioether (sulfide) groups is 1. The molecule has 0 saturated heterocycles. The zero-order chi connectivity index (χ0) is 25.3. The number of amides is 1. The summed E-state index contributed by atoms with van der Waals surface area (Å²) in [6, 6.07) is 8.69. The van der Waals surface area contributed by atoms with Gasteiger partial charge in [0.1, 0.15) is 17.5 Å². The number of benzene rings is 1. The van der Waals surface area contributed by atoms with Crippen LogP contribution in [0, 0.1) is 25.2 Å². The number of pyridine rings is 1. The maximum atomic E-state index is 14.1. The van der Waals surface area contributed by atoms with Crippen LogP contribution in [0.3, 0.4) is 0 Å². The van der Waals surface area contributed by atoms with Gasteiger partial charge in [0.25, 0.3) is 12.3 Å². The third-order valence-corrected chi connectivity index (χ3v) is 7.01. The summed E-state index contributed by atoms with van der Waals surface area (Å²) in [7, 11) is 0. The summed E-state index contributed by atoms with van der Waals surface area (Å²) in [5.74, 6) is 0.0738. The van der Waals surface area contributed by atoms with Gasteiger partial charge in [-0.1, -0.05) is 23.0 Å². The molecule has 0 unspecified atom stereocenters. The van der Waals surface area contributed by atoms with Gasteiger partial charge in [0.05, 0.1) is 17.3 Å². The molecule has 2 atom stereocenters. The van der Waals surface area contributed by atoms with E-state index in [1.165, 1.54) is 42.2 Å². The van der Waals surface area contributed by atoms with Crippen molar-refractivity contribution in [2.45, 2.75) is 44.4 Å². The molecule has 0 spiro atoms. The summed E-state index contributed by atoms with van der Waals surface area (Å²) < 4.78 is 32.5. The van der Waals surface area contributed by atoms with Gasteiger partial charge in [-0.05, 0) is 57.0 Å². The Morgan fingerprint density at radius 1 is 1.34 bits per heavy atom. The quantitative estimate of drug-likeness (QED) is 0.499. The Hall–Kier alpha value is -3.78. The fourth-order valence-electron chi connectivity index (χ4n) is 4.24. The minimum Gasteiger partial charge on any atom is -0.378 e. The lowest BCUT2D eigenvalue weighted by Gasteiger charge is -2.37.